The van der Waals surface area contributed by atoms with E-state index < -0.39 is 17.8 Å². The van der Waals surface area contributed by atoms with Crippen molar-refractivity contribution in [3.63, 3.8) is 0 Å². The zero-order valence-corrected chi connectivity index (χ0v) is 13.3. The number of hydroxylamine groups is 2. The van der Waals surface area contributed by atoms with Crippen LogP contribution in [0.3, 0.4) is 0 Å². The number of carbonyl (C=O) groups excluding carboxylic acids is 4. The van der Waals surface area contributed by atoms with Gasteiger partial charge in [-0.1, -0.05) is 21.6 Å². The molecule has 0 radical (unpaired) electrons. The van der Waals surface area contributed by atoms with Crippen molar-refractivity contribution in [1.29, 1.82) is 0 Å². The molecule has 1 aliphatic heterocycles. The van der Waals surface area contributed by atoms with Gasteiger partial charge in [0.15, 0.2) is 0 Å². The Morgan fingerprint density at radius 1 is 1.14 bits per heavy atom. The standard InChI is InChI=1S/C12H17NO6S2/c1-9(14)18-6-8-21-20-7-2-3-12(17)19-13-10(15)4-5-11(13)16/h2-8H2,1H3. The van der Waals surface area contributed by atoms with Crippen molar-refractivity contribution in [2.45, 2.75) is 32.6 Å². The minimum absolute atomic E-state index is 0.0982. The van der Waals surface area contributed by atoms with Gasteiger partial charge in [-0.15, -0.1) is 5.06 Å². The fraction of sp³-hybridized carbons (Fsp3) is 0.667. The molecule has 9 heteroatoms. The molecule has 0 unspecified atom stereocenters. The van der Waals surface area contributed by atoms with Gasteiger partial charge in [0.25, 0.3) is 11.8 Å². The molecule has 1 rings (SSSR count). The fourth-order valence-electron chi connectivity index (χ4n) is 1.42. The van der Waals surface area contributed by atoms with Crippen molar-refractivity contribution in [3.05, 3.63) is 0 Å². The number of nitrogens with zero attached hydrogens (tertiary/aromatic N) is 1. The average Bonchev–Trinajstić information content (AvgIpc) is 2.73. The molecule has 2 amide bonds. The zero-order chi connectivity index (χ0) is 15.7. The van der Waals surface area contributed by atoms with Gasteiger partial charge in [-0.3, -0.25) is 14.4 Å². The molecule has 0 aliphatic carbocycles. The Hall–Kier alpha value is -1.22. The number of esters is 1. The Labute approximate surface area is 130 Å². The highest BCUT2D eigenvalue weighted by Gasteiger charge is 2.32. The fourth-order valence-corrected chi connectivity index (χ4v) is 3.33. The maximum atomic E-state index is 11.5. The minimum Gasteiger partial charge on any atom is -0.465 e. The van der Waals surface area contributed by atoms with E-state index in [-0.39, 0.29) is 25.2 Å². The summed E-state index contributed by atoms with van der Waals surface area (Å²) in [5.74, 6) is -0.404. The van der Waals surface area contributed by atoms with Crippen LogP contribution in [0.1, 0.15) is 32.6 Å². The Morgan fingerprint density at radius 3 is 2.38 bits per heavy atom. The van der Waals surface area contributed by atoms with Crippen LogP contribution in [-0.4, -0.2) is 46.9 Å². The second-order valence-electron chi connectivity index (χ2n) is 4.13. The van der Waals surface area contributed by atoms with Crippen LogP contribution < -0.4 is 0 Å². The Bertz CT molecular complexity index is 399. The first-order valence-electron chi connectivity index (χ1n) is 6.45. The normalized spacial score (nSPS) is 14.4. The summed E-state index contributed by atoms with van der Waals surface area (Å²) in [7, 11) is 3.11. The molecule has 0 aromatic rings. The number of imide groups is 1. The monoisotopic (exact) mass is 335 g/mol. The molecule has 0 spiro atoms. The summed E-state index contributed by atoms with van der Waals surface area (Å²) < 4.78 is 4.76. The lowest BCUT2D eigenvalue weighted by atomic mass is 10.3. The van der Waals surface area contributed by atoms with E-state index >= 15 is 0 Å². The second kappa shape index (κ2) is 9.67. The summed E-state index contributed by atoms with van der Waals surface area (Å²) >= 11 is 0. The molecule has 1 fully saturated rings. The van der Waals surface area contributed by atoms with Crippen molar-refractivity contribution in [2.24, 2.45) is 0 Å². The first-order valence-corrected chi connectivity index (χ1v) is 8.94. The third-order valence-electron chi connectivity index (χ3n) is 2.36. The summed E-state index contributed by atoms with van der Waals surface area (Å²) in [4.78, 5) is 49.1. The maximum Gasteiger partial charge on any atom is 0.333 e. The van der Waals surface area contributed by atoms with Gasteiger partial charge in [0, 0.05) is 37.7 Å². The predicted molar refractivity (Wildman–Crippen MR) is 78.0 cm³/mol. The topological polar surface area (TPSA) is 90.0 Å². The highest BCUT2D eigenvalue weighted by Crippen LogP contribution is 2.22. The maximum absolute atomic E-state index is 11.5. The number of hydrogen-bond donors (Lipinski definition) is 0. The summed E-state index contributed by atoms with van der Waals surface area (Å²) in [6, 6.07) is 0. The second-order valence-corrected chi connectivity index (χ2v) is 6.83. The van der Waals surface area contributed by atoms with Crippen molar-refractivity contribution in [2.75, 3.05) is 18.1 Å². The van der Waals surface area contributed by atoms with Gasteiger partial charge in [0.05, 0.1) is 0 Å². The van der Waals surface area contributed by atoms with Gasteiger partial charge in [0.2, 0.25) is 0 Å². The van der Waals surface area contributed by atoms with Gasteiger partial charge in [-0.2, -0.15) is 0 Å². The van der Waals surface area contributed by atoms with Crippen molar-refractivity contribution < 1.29 is 28.8 Å². The first kappa shape index (κ1) is 17.8. The van der Waals surface area contributed by atoms with Gasteiger partial charge >= 0.3 is 11.9 Å². The van der Waals surface area contributed by atoms with Crippen LogP contribution in [0.2, 0.25) is 0 Å². The summed E-state index contributed by atoms with van der Waals surface area (Å²) in [5, 5.41) is 0.559. The van der Waals surface area contributed by atoms with E-state index in [0.717, 1.165) is 5.75 Å². The van der Waals surface area contributed by atoms with E-state index in [4.69, 9.17) is 9.57 Å². The molecule has 1 heterocycles. The van der Waals surface area contributed by atoms with Crippen LogP contribution in [0.15, 0.2) is 0 Å². The summed E-state index contributed by atoms with van der Waals surface area (Å²) in [5.41, 5.74) is 0. The molecule has 1 aliphatic rings. The van der Waals surface area contributed by atoms with Crippen molar-refractivity contribution in [1.82, 2.24) is 5.06 Å². The minimum atomic E-state index is -0.580. The first-order chi connectivity index (χ1) is 10.0. The molecular weight excluding hydrogens is 318 g/mol. The largest absolute Gasteiger partial charge is 0.465 e. The van der Waals surface area contributed by atoms with Crippen molar-refractivity contribution >= 4 is 45.3 Å². The molecule has 0 N–H and O–H groups in total. The Kier molecular flexibility index (Phi) is 8.21. The predicted octanol–water partition coefficient (Wildman–Crippen LogP) is 1.32. The van der Waals surface area contributed by atoms with E-state index in [1.54, 1.807) is 21.6 Å². The number of amides is 2. The van der Waals surface area contributed by atoms with E-state index in [0.29, 0.717) is 23.8 Å². The quantitative estimate of drug-likeness (QED) is 0.270. The van der Waals surface area contributed by atoms with Gasteiger partial charge < -0.3 is 9.57 Å². The number of carbonyl (C=O) groups is 4. The van der Waals surface area contributed by atoms with Crippen LogP contribution in [0.25, 0.3) is 0 Å². The van der Waals surface area contributed by atoms with Crippen LogP contribution in [0.5, 0.6) is 0 Å². The lowest BCUT2D eigenvalue weighted by Crippen LogP contribution is -2.31. The third kappa shape index (κ3) is 7.37. The van der Waals surface area contributed by atoms with Crippen LogP contribution in [0, 0.1) is 0 Å². The Balaban J connectivity index is 2.00. The lowest BCUT2D eigenvalue weighted by Gasteiger charge is -2.12. The molecule has 0 saturated carbocycles. The highest BCUT2D eigenvalue weighted by atomic mass is 33.1. The third-order valence-corrected chi connectivity index (χ3v) is 4.82. The molecule has 0 aromatic carbocycles. The molecule has 0 atom stereocenters. The smallest absolute Gasteiger partial charge is 0.333 e. The summed E-state index contributed by atoms with van der Waals surface area (Å²) in [6.45, 7) is 1.73. The molecule has 0 aromatic heterocycles. The van der Waals surface area contributed by atoms with Gasteiger partial charge in [-0.25, -0.2) is 4.79 Å². The van der Waals surface area contributed by atoms with Crippen LogP contribution >= 0.6 is 21.6 Å². The van der Waals surface area contributed by atoms with Gasteiger partial charge in [0.1, 0.15) is 6.61 Å². The van der Waals surface area contributed by atoms with E-state index in [9.17, 15) is 19.2 Å². The van der Waals surface area contributed by atoms with Crippen molar-refractivity contribution in [3.8, 4) is 0 Å². The van der Waals surface area contributed by atoms with Gasteiger partial charge in [-0.05, 0) is 6.42 Å². The lowest BCUT2D eigenvalue weighted by molar-refractivity contribution is -0.197. The highest BCUT2D eigenvalue weighted by molar-refractivity contribution is 8.76. The molecule has 21 heavy (non-hydrogen) atoms. The number of rotatable bonds is 9. The van der Waals surface area contributed by atoms with E-state index in [1.807, 2.05) is 0 Å². The van der Waals surface area contributed by atoms with E-state index in [1.165, 1.54) is 6.92 Å². The number of hydrogen-bond acceptors (Lipinski definition) is 8. The van der Waals surface area contributed by atoms with Crippen LogP contribution in [-0.2, 0) is 28.8 Å². The number of ether oxygens (including phenoxy) is 1. The molecule has 7 nitrogen and oxygen atoms in total. The Morgan fingerprint density at radius 2 is 1.76 bits per heavy atom. The molecule has 1 saturated heterocycles. The summed E-state index contributed by atoms with van der Waals surface area (Å²) in [6.07, 6.45) is 0.927. The zero-order valence-electron chi connectivity index (χ0n) is 11.7. The van der Waals surface area contributed by atoms with Crippen LogP contribution in [0.4, 0.5) is 0 Å². The average molecular weight is 335 g/mol. The van der Waals surface area contributed by atoms with E-state index in [2.05, 4.69) is 0 Å². The molecular formula is C12H17NO6S2. The SMILES string of the molecule is CC(=O)OCCSSCCCC(=O)ON1C(=O)CCC1=O. The molecule has 0 bridgehead atoms. The molecule has 118 valence electrons.